The van der Waals surface area contributed by atoms with E-state index in [0.29, 0.717) is 11.1 Å². The molecule has 10 heteroatoms. The minimum absolute atomic E-state index is 0.100. The van der Waals surface area contributed by atoms with Crippen molar-refractivity contribution in [1.82, 2.24) is 5.32 Å². The van der Waals surface area contributed by atoms with Gasteiger partial charge in [0.05, 0.1) is 20.9 Å². The van der Waals surface area contributed by atoms with Crippen LogP contribution in [0.1, 0.15) is 45.7 Å². The van der Waals surface area contributed by atoms with Crippen LogP contribution in [-0.4, -0.2) is 21.5 Å². The Labute approximate surface area is 179 Å². The molecular formula is C21H26N4O6. The van der Waals surface area contributed by atoms with Crippen molar-refractivity contribution in [3.8, 4) is 0 Å². The molecule has 2 aromatic carbocycles. The van der Waals surface area contributed by atoms with Gasteiger partial charge in [-0.05, 0) is 57.9 Å². The van der Waals surface area contributed by atoms with E-state index in [4.69, 9.17) is 10.5 Å². The Morgan fingerprint density at radius 2 is 1.23 bits per heavy atom. The first kappa shape index (κ1) is 23.7. The maximum absolute atomic E-state index is 12.7. The average Bonchev–Trinajstić information content (AvgIpc) is 2.66. The predicted octanol–water partition coefficient (Wildman–Crippen LogP) is 4.12. The number of carbonyl (C=O) groups is 1. The van der Waals surface area contributed by atoms with Crippen LogP contribution in [0.25, 0.3) is 0 Å². The highest BCUT2D eigenvalue weighted by Gasteiger charge is 2.46. The summed E-state index contributed by atoms with van der Waals surface area (Å²) in [4.78, 5) is 33.6. The third kappa shape index (κ3) is 5.15. The van der Waals surface area contributed by atoms with Crippen molar-refractivity contribution < 1.29 is 19.4 Å². The van der Waals surface area contributed by atoms with Crippen molar-refractivity contribution >= 4 is 17.5 Å². The maximum Gasteiger partial charge on any atom is 0.408 e. The zero-order chi connectivity index (χ0) is 23.6. The molecule has 1 amide bonds. The summed E-state index contributed by atoms with van der Waals surface area (Å²) in [6.45, 7) is 8.47. The van der Waals surface area contributed by atoms with Crippen LogP contribution in [0.3, 0.4) is 0 Å². The van der Waals surface area contributed by atoms with Gasteiger partial charge >= 0.3 is 6.09 Å². The number of nitrogens with zero attached hydrogens (tertiary/aromatic N) is 2. The van der Waals surface area contributed by atoms with Crippen LogP contribution in [0.15, 0.2) is 48.5 Å². The van der Waals surface area contributed by atoms with Gasteiger partial charge in [0.2, 0.25) is 0 Å². The third-order valence-corrected chi connectivity index (χ3v) is 5.12. The Hall–Kier alpha value is -3.53. The lowest BCUT2D eigenvalue weighted by molar-refractivity contribution is -0.385. The summed E-state index contributed by atoms with van der Waals surface area (Å²) in [6.07, 6.45) is -0.730. The van der Waals surface area contributed by atoms with Crippen molar-refractivity contribution in [3.05, 3.63) is 79.9 Å². The number of rotatable bonds is 6. The zero-order valence-electron chi connectivity index (χ0n) is 18.0. The minimum atomic E-state index is -1.29. The van der Waals surface area contributed by atoms with E-state index in [2.05, 4.69) is 5.32 Å². The van der Waals surface area contributed by atoms with Crippen LogP contribution in [-0.2, 0) is 15.8 Å². The van der Waals surface area contributed by atoms with Gasteiger partial charge in [0.15, 0.2) is 0 Å². The number of non-ortho nitro benzene ring substituents is 2. The van der Waals surface area contributed by atoms with Gasteiger partial charge in [0.1, 0.15) is 5.60 Å². The van der Waals surface area contributed by atoms with E-state index in [9.17, 15) is 25.0 Å². The smallest absolute Gasteiger partial charge is 0.408 e. The molecule has 2 rings (SSSR count). The molecule has 0 spiro atoms. The second kappa shape index (κ2) is 8.31. The van der Waals surface area contributed by atoms with Crippen LogP contribution < -0.4 is 11.1 Å². The molecule has 0 heterocycles. The summed E-state index contributed by atoms with van der Waals surface area (Å²) in [5.41, 5.74) is 4.16. The fraction of sp³-hybridized carbons (Fsp3) is 0.381. The summed E-state index contributed by atoms with van der Waals surface area (Å²) in [5, 5.41) is 24.8. The van der Waals surface area contributed by atoms with E-state index in [1.54, 1.807) is 34.6 Å². The molecule has 0 unspecified atom stereocenters. The van der Waals surface area contributed by atoms with E-state index in [0.717, 1.165) is 0 Å². The predicted molar refractivity (Wildman–Crippen MR) is 114 cm³/mol. The van der Waals surface area contributed by atoms with Crippen molar-refractivity contribution in [2.45, 2.75) is 51.3 Å². The number of carbonyl (C=O) groups excluding carboxylic acids is 1. The Morgan fingerprint density at radius 3 is 1.58 bits per heavy atom. The van der Waals surface area contributed by atoms with Gasteiger partial charge in [-0.25, -0.2) is 4.79 Å². The molecule has 0 bridgehead atoms. The molecule has 3 N–H and O–H groups in total. The van der Waals surface area contributed by atoms with E-state index in [-0.39, 0.29) is 11.4 Å². The number of alkyl carbamates (subject to hydrolysis) is 1. The molecule has 166 valence electrons. The highest BCUT2D eigenvalue weighted by atomic mass is 16.6. The zero-order valence-corrected chi connectivity index (χ0v) is 18.0. The Balaban J connectivity index is 2.57. The van der Waals surface area contributed by atoms with Crippen LogP contribution >= 0.6 is 0 Å². The highest BCUT2D eigenvalue weighted by Crippen LogP contribution is 2.39. The summed E-state index contributed by atoms with van der Waals surface area (Å²) < 4.78 is 5.40. The van der Waals surface area contributed by atoms with Crippen LogP contribution in [0.2, 0.25) is 0 Å². The fourth-order valence-electron chi connectivity index (χ4n) is 3.14. The minimum Gasteiger partial charge on any atom is -0.444 e. The quantitative estimate of drug-likeness (QED) is 0.517. The van der Waals surface area contributed by atoms with Crippen molar-refractivity contribution in [1.29, 1.82) is 0 Å². The van der Waals surface area contributed by atoms with Gasteiger partial charge in [0.25, 0.3) is 11.4 Å². The van der Waals surface area contributed by atoms with Crippen LogP contribution in [0, 0.1) is 20.2 Å². The van der Waals surface area contributed by atoms with Gasteiger partial charge in [-0.15, -0.1) is 0 Å². The van der Waals surface area contributed by atoms with Crippen molar-refractivity contribution in [3.63, 3.8) is 0 Å². The molecule has 0 aliphatic rings. The molecule has 0 saturated carbocycles. The largest absolute Gasteiger partial charge is 0.444 e. The molecule has 2 aromatic rings. The summed E-state index contributed by atoms with van der Waals surface area (Å²) in [5.74, 6) is 0. The van der Waals surface area contributed by atoms with Crippen molar-refractivity contribution in [2.24, 2.45) is 5.73 Å². The molecular weight excluding hydrogens is 404 g/mol. The number of nitro benzene ring substituents is 2. The second-order valence-corrected chi connectivity index (χ2v) is 8.56. The third-order valence-electron chi connectivity index (χ3n) is 5.12. The highest BCUT2D eigenvalue weighted by molar-refractivity contribution is 5.70. The number of nitrogens with two attached hydrogens (primary N) is 1. The summed E-state index contributed by atoms with van der Waals surface area (Å²) in [6, 6.07) is 11.3. The summed E-state index contributed by atoms with van der Waals surface area (Å²) >= 11 is 0. The molecule has 10 nitrogen and oxygen atoms in total. The molecule has 0 radical (unpaired) electrons. The molecule has 0 aliphatic carbocycles. The van der Waals surface area contributed by atoms with Gasteiger partial charge in [-0.3, -0.25) is 20.2 Å². The first-order valence-corrected chi connectivity index (χ1v) is 9.47. The molecule has 0 fully saturated rings. The lowest BCUT2D eigenvalue weighted by Gasteiger charge is -2.45. The van der Waals surface area contributed by atoms with Gasteiger partial charge in [-0.2, -0.15) is 0 Å². The number of benzene rings is 2. The van der Waals surface area contributed by atoms with Gasteiger partial charge in [0, 0.05) is 24.3 Å². The van der Waals surface area contributed by atoms with Gasteiger partial charge in [-0.1, -0.05) is 12.1 Å². The number of nitrogens with one attached hydrogen (secondary N) is 1. The Kier molecular flexibility index (Phi) is 6.36. The number of hydrogen-bond acceptors (Lipinski definition) is 7. The number of ether oxygens (including phenoxy) is 1. The topological polar surface area (TPSA) is 151 Å². The van der Waals surface area contributed by atoms with E-state index < -0.39 is 32.6 Å². The molecule has 0 aliphatic heterocycles. The van der Waals surface area contributed by atoms with Gasteiger partial charge < -0.3 is 15.8 Å². The second-order valence-electron chi connectivity index (χ2n) is 8.56. The van der Waals surface area contributed by atoms with Crippen LogP contribution in [0.4, 0.5) is 16.2 Å². The van der Waals surface area contributed by atoms with Crippen LogP contribution in [0.5, 0.6) is 0 Å². The number of amides is 1. The normalized spacial score (nSPS) is 15.3. The lowest BCUT2D eigenvalue weighted by Crippen LogP contribution is -2.61. The Morgan fingerprint density at radius 1 is 0.839 bits per heavy atom. The van der Waals surface area contributed by atoms with E-state index in [1.165, 1.54) is 48.5 Å². The first-order valence-electron chi connectivity index (χ1n) is 9.47. The summed E-state index contributed by atoms with van der Waals surface area (Å²) in [7, 11) is 0. The maximum atomic E-state index is 12.7. The van der Waals surface area contributed by atoms with E-state index >= 15 is 0 Å². The standard InChI is InChI=1S/C21H26N4O6/c1-19(2,3)31-18(26)23-21(5,15-8-12-17(13-9-15)25(29)30)20(4,22)14-6-10-16(11-7-14)24(27)28/h6-13H,22H2,1-5H3,(H,23,26)/t20-,21+/m0/s1. The monoisotopic (exact) mass is 430 g/mol. The molecule has 2 atom stereocenters. The number of nitro groups is 2. The number of hydrogen-bond donors (Lipinski definition) is 2. The van der Waals surface area contributed by atoms with Crippen molar-refractivity contribution in [2.75, 3.05) is 0 Å². The molecule has 0 saturated heterocycles. The fourth-order valence-corrected chi connectivity index (χ4v) is 3.14. The molecule has 31 heavy (non-hydrogen) atoms. The molecule has 0 aromatic heterocycles. The first-order chi connectivity index (χ1) is 14.2. The average molecular weight is 430 g/mol. The van der Waals surface area contributed by atoms with E-state index in [1.807, 2.05) is 0 Å². The lowest BCUT2D eigenvalue weighted by atomic mass is 9.71. The SMILES string of the molecule is CC(C)(C)OC(=O)N[C@](C)(c1ccc([N+](=O)[O-])cc1)[C@@](C)(N)c1ccc([N+](=O)[O-])cc1. The Bertz CT molecular complexity index is 980.